The van der Waals surface area contributed by atoms with Gasteiger partial charge in [-0.25, -0.2) is 17.5 Å². The molecule has 0 aliphatic heterocycles. The maximum Gasteiger partial charge on any atom is 0.213 e. The second kappa shape index (κ2) is 10.6. The lowest BCUT2D eigenvalue weighted by molar-refractivity contribution is 0.316. The van der Waals surface area contributed by atoms with E-state index in [4.69, 9.17) is 0 Å². The Bertz CT molecular complexity index is 733. The van der Waals surface area contributed by atoms with Crippen molar-refractivity contribution >= 4 is 16.0 Å². The molecule has 0 heterocycles. The fraction of sp³-hybridized carbons (Fsp3) is 0.632. The van der Waals surface area contributed by atoms with E-state index in [0.29, 0.717) is 31.5 Å². The molecular weight excluding hydrogens is 367 g/mol. The van der Waals surface area contributed by atoms with Gasteiger partial charge in [0.25, 0.3) is 0 Å². The highest BCUT2D eigenvalue weighted by Gasteiger charge is 2.19. The molecule has 2 rings (SSSR count). The minimum absolute atomic E-state index is 0.0205. The number of nitrogens with one attached hydrogen (secondary N) is 3. The van der Waals surface area contributed by atoms with Crippen LogP contribution in [0.1, 0.15) is 37.3 Å². The van der Waals surface area contributed by atoms with Crippen molar-refractivity contribution in [2.45, 2.75) is 39.5 Å². The van der Waals surface area contributed by atoms with Gasteiger partial charge in [-0.05, 0) is 62.3 Å². The van der Waals surface area contributed by atoms with Crippen molar-refractivity contribution in [3.63, 3.8) is 0 Å². The molecule has 0 radical (unpaired) electrons. The smallest absolute Gasteiger partial charge is 0.213 e. The van der Waals surface area contributed by atoms with Gasteiger partial charge in [-0.15, -0.1) is 0 Å². The van der Waals surface area contributed by atoms with Crippen molar-refractivity contribution in [2.75, 3.05) is 31.9 Å². The molecule has 0 atom stereocenters. The molecule has 3 N–H and O–H groups in total. The van der Waals surface area contributed by atoms with Gasteiger partial charge in [0, 0.05) is 19.6 Å². The molecule has 0 unspecified atom stereocenters. The first kappa shape index (κ1) is 21.6. The Hall–Kier alpha value is -1.67. The second-order valence-corrected chi connectivity index (χ2v) is 8.90. The molecule has 1 aliphatic carbocycles. The standard InChI is InChI=1S/C19H31FN4O2S/c1-3-21-19(22-10-9-17-7-8-18(20)13-15(17)2)23-11-12-27(25,26)24-14-16-5-4-6-16/h7-8,13,16,24H,3-6,9-12,14H2,1-2H3,(H2,21,22,23). The lowest BCUT2D eigenvalue weighted by Crippen LogP contribution is -2.39. The number of sulfonamides is 1. The zero-order chi connectivity index (χ0) is 19.7. The predicted molar refractivity (Wildman–Crippen MR) is 108 cm³/mol. The lowest BCUT2D eigenvalue weighted by Gasteiger charge is -2.25. The Balaban J connectivity index is 1.77. The van der Waals surface area contributed by atoms with E-state index in [2.05, 4.69) is 20.3 Å². The van der Waals surface area contributed by atoms with Gasteiger partial charge in [-0.2, -0.15) is 0 Å². The van der Waals surface area contributed by atoms with E-state index in [1.54, 1.807) is 6.07 Å². The number of halogens is 1. The van der Waals surface area contributed by atoms with E-state index in [1.165, 1.54) is 18.6 Å². The Morgan fingerprint density at radius 3 is 2.70 bits per heavy atom. The number of hydrogen-bond acceptors (Lipinski definition) is 3. The summed E-state index contributed by atoms with van der Waals surface area (Å²) in [5.41, 5.74) is 1.99. The van der Waals surface area contributed by atoms with Gasteiger partial charge < -0.3 is 10.6 Å². The molecule has 0 spiro atoms. The topological polar surface area (TPSA) is 82.6 Å². The summed E-state index contributed by atoms with van der Waals surface area (Å²) < 4.78 is 39.9. The normalized spacial score (nSPS) is 15.4. The molecule has 0 amide bonds. The molecule has 1 aromatic carbocycles. The summed E-state index contributed by atoms with van der Waals surface area (Å²) in [4.78, 5) is 4.34. The third-order valence-electron chi connectivity index (χ3n) is 4.78. The molecule has 1 saturated carbocycles. The SMILES string of the molecule is CCNC(=NCCS(=O)(=O)NCC1CCC1)NCCc1ccc(F)cc1C. The van der Waals surface area contributed by atoms with Crippen LogP contribution in [0.3, 0.4) is 0 Å². The van der Waals surface area contributed by atoms with Gasteiger partial charge in [0.05, 0.1) is 12.3 Å². The van der Waals surface area contributed by atoms with Crippen molar-refractivity contribution in [1.82, 2.24) is 15.4 Å². The van der Waals surface area contributed by atoms with E-state index in [0.717, 1.165) is 30.4 Å². The van der Waals surface area contributed by atoms with E-state index in [-0.39, 0.29) is 18.1 Å². The molecule has 0 bridgehead atoms. The predicted octanol–water partition coefficient (Wildman–Crippen LogP) is 1.95. The van der Waals surface area contributed by atoms with E-state index < -0.39 is 10.0 Å². The van der Waals surface area contributed by atoms with Crippen molar-refractivity contribution in [3.05, 3.63) is 35.1 Å². The number of aliphatic imine (C=N–C) groups is 1. The number of guanidine groups is 1. The van der Waals surface area contributed by atoms with Crippen molar-refractivity contribution in [1.29, 1.82) is 0 Å². The number of benzene rings is 1. The quantitative estimate of drug-likeness (QED) is 0.416. The summed E-state index contributed by atoms with van der Waals surface area (Å²) in [5.74, 6) is 0.836. The number of rotatable bonds is 10. The van der Waals surface area contributed by atoms with Crippen LogP contribution in [-0.4, -0.2) is 46.3 Å². The molecule has 6 nitrogen and oxygen atoms in total. The van der Waals surface area contributed by atoms with Crippen molar-refractivity contribution in [3.8, 4) is 0 Å². The van der Waals surface area contributed by atoms with E-state index in [9.17, 15) is 12.8 Å². The third kappa shape index (κ3) is 7.84. The van der Waals surface area contributed by atoms with Crippen LogP contribution in [0.25, 0.3) is 0 Å². The van der Waals surface area contributed by atoms with Crippen molar-refractivity contribution < 1.29 is 12.8 Å². The first-order valence-electron chi connectivity index (χ1n) is 9.64. The Kier molecular flexibility index (Phi) is 8.50. The van der Waals surface area contributed by atoms with Crippen molar-refractivity contribution in [2.24, 2.45) is 10.9 Å². The minimum atomic E-state index is -3.28. The summed E-state index contributed by atoms with van der Waals surface area (Å²) in [6.45, 7) is 5.91. The molecule has 1 aliphatic rings. The second-order valence-electron chi connectivity index (χ2n) is 6.97. The zero-order valence-electron chi connectivity index (χ0n) is 16.2. The number of aryl methyl sites for hydroxylation is 1. The molecule has 27 heavy (non-hydrogen) atoms. The molecule has 0 aromatic heterocycles. The van der Waals surface area contributed by atoms with Crippen LogP contribution in [0, 0.1) is 18.7 Å². The Morgan fingerprint density at radius 1 is 1.30 bits per heavy atom. The van der Waals surface area contributed by atoms with Gasteiger partial charge in [-0.3, -0.25) is 4.99 Å². The van der Waals surface area contributed by atoms with Crippen LogP contribution in [0.2, 0.25) is 0 Å². The summed E-state index contributed by atoms with van der Waals surface area (Å²) in [6, 6.07) is 4.77. The number of nitrogens with zero attached hydrogens (tertiary/aromatic N) is 1. The lowest BCUT2D eigenvalue weighted by atomic mass is 9.86. The van der Waals surface area contributed by atoms with Crippen LogP contribution < -0.4 is 15.4 Å². The molecule has 152 valence electrons. The molecular formula is C19H31FN4O2S. The highest BCUT2D eigenvalue weighted by molar-refractivity contribution is 7.89. The number of hydrogen-bond donors (Lipinski definition) is 3. The van der Waals surface area contributed by atoms with Gasteiger partial charge in [0.2, 0.25) is 10.0 Å². The summed E-state index contributed by atoms with van der Waals surface area (Å²) >= 11 is 0. The Labute approximate surface area is 162 Å². The largest absolute Gasteiger partial charge is 0.357 e. The first-order chi connectivity index (χ1) is 12.9. The molecule has 1 aromatic rings. The van der Waals surface area contributed by atoms with Gasteiger partial charge in [0.1, 0.15) is 5.82 Å². The minimum Gasteiger partial charge on any atom is -0.357 e. The van der Waals surface area contributed by atoms with Gasteiger partial charge in [0.15, 0.2) is 5.96 Å². The highest BCUT2D eigenvalue weighted by atomic mass is 32.2. The maximum atomic E-state index is 13.2. The maximum absolute atomic E-state index is 13.2. The monoisotopic (exact) mass is 398 g/mol. The molecule has 8 heteroatoms. The van der Waals surface area contributed by atoms with E-state index in [1.807, 2.05) is 13.8 Å². The average molecular weight is 399 g/mol. The highest BCUT2D eigenvalue weighted by Crippen LogP contribution is 2.25. The van der Waals surface area contributed by atoms with Gasteiger partial charge in [-0.1, -0.05) is 12.5 Å². The average Bonchev–Trinajstić information content (AvgIpc) is 2.55. The van der Waals surface area contributed by atoms with Gasteiger partial charge >= 0.3 is 0 Å². The molecule has 1 fully saturated rings. The third-order valence-corrected chi connectivity index (χ3v) is 6.11. The zero-order valence-corrected chi connectivity index (χ0v) is 17.0. The fourth-order valence-corrected chi connectivity index (χ4v) is 3.85. The van der Waals surface area contributed by atoms with E-state index >= 15 is 0 Å². The van der Waals surface area contributed by atoms with Crippen LogP contribution in [0.15, 0.2) is 23.2 Å². The molecule has 0 saturated heterocycles. The van der Waals surface area contributed by atoms with Crippen LogP contribution >= 0.6 is 0 Å². The Morgan fingerprint density at radius 2 is 2.07 bits per heavy atom. The fourth-order valence-electron chi connectivity index (χ4n) is 2.89. The summed E-state index contributed by atoms with van der Waals surface area (Å²) in [5, 5.41) is 6.31. The summed E-state index contributed by atoms with van der Waals surface area (Å²) in [7, 11) is -3.28. The first-order valence-corrected chi connectivity index (χ1v) is 11.3. The van der Waals surface area contributed by atoms with Crippen LogP contribution in [0.5, 0.6) is 0 Å². The van der Waals surface area contributed by atoms with Crippen LogP contribution in [-0.2, 0) is 16.4 Å². The van der Waals surface area contributed by atoms with Crippen LogP contribution in [0.4, 0.5) is 4.39 Å². The summed E-state index contributed by atoms with van der Waals surface area (Å²) in [6.07, 6.45) is 4.16.